The monoisotopic (exact) mass is 575 g/mol. The molecule has 2 heterocycles. The van der Waals surface area contributed by atoms with Crippen LogP contribution in [0.15, 0.2) is 30.3 Å². The first-order chi connectivity index (χ1) is 17.7. The van der Waals surface area contributed by atoms with Gasteiger partial charge in [-0.25, -0.2) is 4.98 Å². The molecule has 0 aliphatic carbocycles. The first-order valence-corrected chi connectivity index (χ1v) is 19.9. The van der Waals surface area contributed by atoms with Crippen molar-refractivity contribution in [2.45, 2.75) is 142 Å². The first-order valence-electron chi connectivity index (χ1n) is 14.8. The summed E-state index contributed by atoms with van der Waals surface area (Å²) < 4.78 is 22.8. The zero-order chi connectivity index (χ0) is 28.6. The minimum absolute atomic E-state index is 0.131. The smallest absolute Gasteiger partial charge is 0.201 e. The highest BCUT2D eigenvalue weighted by molar-refractivity contribution is 7.19. The number of para-hydroxylation sites is 1. The summed E-state index contributed by atoms with van der Waals surface area (Å²) in [5.74, 6) is 0.841. The summed E-state index contributed by atoms with van der Waals surface area (Å²) in [5, 5.41) is 0.927. The Morgan fingerprint density at radius 3 is 1.68 bits per heavy atom. The van der Waals surface area contributed by atoms with Gasteiger partial charge in [0.15, 0.2) is 10.8 Å². The molecule has 0 spiro atoms. The molecule has 214 valence electrons. The van der Waals surface area contributed by atoms with Crippen molar-refractivity contribution in [3.05, 3.63) is 35.3 Å². The summed E-state index contributed by atoms with van der Waals surface area (Å²) in [4.78, 5) is 4.94. The zero-order valence-electron chi connectivity index (χ0n) is 26.2. The summed E-state index contributed by atoms with van der Waals surface area (Å²) in [6.45, 7) is 30.5. The second-order valence-corrected chi connectivity index (χ2v) is 25.0. The van der Waals surface area contributed by atoms with Crippen LogP contribution in [0.4, 0.5) is 0 Å². The number of hydrogen-bond acceptors (Lipinski definition) is 5. The Bertz CT molecular complexity index is 1020. The number of nitrogens with zero attached hydrogens (tertiary/aromatic N) is 1. The third-order valence-electron chi connectivity index (χ3n) is 9.01. The Kier molecular flexibility index (Phi) is 10.2. The number of hydrogen-bond donors (Lipinski definition) is 0. The molecule has 0 saturated heterocycles. The summed E-state index contributed by atoms with van der Waals surface area (Å²) in [6.07, 6.45) is 1.78. The van der Waals surface area contributed by atoms with E-state index in [2.05, 4.69) is 114 Å². The molecular formula is C31H53NO3SSi2. The van der Waals surface area contributed by atoms with Crippen molar-refractivity contribution >= 4 is 43.9 Å². The third kappa shape index (κ3) is 5.74. The second-order valence-electron chi connectivity index (χ2n) is 13.1. The molecule has 4 nitrogen and oxygen atoms in total. The number of fused-ring (bicyclic) bond motifs is 1. The van der Waals surface area contributed by atoms with Crippen LogP contribution in [0.2, 0.25) is 33.2 Å². The Morgan fingerprint density at radius 1 is 0.737 bits per heavy atom. The highest BCUT2D eigenvalue weighted by Gasteiger charge is 2.53. The van der Waals surface area contributed by atoms with Crippen molar-refractivity contribution in [2.75, 3.05) is 0 Å². The lowest BCUT2D eigenvalue weighted by molar-refractivity contribution is -0.0361. The van der Waals surface area contributed by atoms with Gasteiger partial charge < -0.3 is 13.6 Å². The molecule has 0 unspecified atom stereocenters. The molecule has 1 aromatic heterocycles. The normalized spacial score (nSPS) is 21.4. The maximum absolute atomic E-state index is 7.51. The lowest BCUT2D eigenvalue weighted by atomic mass is 10.1. The second kappa shape index (κ2) is 12.3. The van der Waals surface area contributed by atoms with Crippen molar-refractivity contribution < 1.29 is 13.6 Å². The fourth-order valence-corrected chi connectivity index (χ4v) is 19.5. The molecule has 1 aliphatic heterocycles. The Morgan fingerprint density at radius 2 is 1.21 bits per heavy atom. The maximum Gasteiger partial charge on any atom is 0.201 e. The van der Waals surface area contributed by atoms with Crippen molar-refractivity contribution in [1.29, 1.82) is 0 Å². The van der Waals surface area contributed by atoms with E-state index in [4.69, 9.17) is 18.6 Å². The van der Waals surface area contributed by atoms with E-state index >= 15 is 0 Å². The van der Waals surface area contributed by atoms with Gasteiger partial charge >= 0.3 is 0 Å². The average Bonchev–Trinajstić information content (AvgIpc) is 3.24. The molecule has 0 radical (unpaired) electrons. The predicted molar refractivity (Wildman–Crippen MR) is 170 cm³/mol. The molecule has 2 aromatic rings. The Balaban J connectivity index is 2.16. The average molecular weight is 576 g/mol. The number of thiazole rings is 1. The van der Waals surface area contributed by atoms with E-state index in [0.29, 0.717) is 33.2 Å². The molecule has 0 saturated carbocycles. The minimum atomic E-state index is -2.19. The van der Waals surface area contributed by atoms with E-state index < -0.39 is 16.6 Å². The zero-order valence-corrected chi connectivity index (χ0v) is 29.0. The number of aromatic nitrogens is 1. The quantitative estimate of drug-likeness (QED) is 0.250. The van der Waals surface area contributed by atoms with Gasteiger partial charge in [-0.1, -0.05) is 95.2 Å². The van der Waals surface area contributed by atoms with Gasteiger partial charge in [0.25, 0.3) is 0 Å². The van der Waals surface area contributed by atoms with Gasteiger partial charge in [-0.2, -0.15) is 0 Å². The Labute approximate surface area is 238 Å². The van der Waals surface area contributed by atoms with Crippen LogP contribution in [0, 0.1) is 0 Å². The van der Waals surface area contributed by atoms with Crippen molar-refractivity contribution in [1.82, 2.24) is 4.98 Å². The molecule has 0 fully saturated rings. The van der Waals surface area contributed by atoms with E-state index in [1.807, 2.05) is 6.07 Å². The fraction of sp³-hybridized carbons (Fsp3) is 0.710. The SMILES string of the molecule is CC(C)[Si](O[C@H]1[C@H](C)OC(c2nc3ccccc3s2)=C[C@@H]1O[Si](C(C)C)(C(C)C)C(C)C)(C(C)C)C(C)C. The highest BCUT2D eigenvalue weighted by atomic mass is 32.1. The van der Waals surface area contributed by atoms with Crippen molar-refractivity contribution in [2.24, 2.45) is 0 Å². The van der Waals surface area contributed by atoms with Gasteiger partial charge in [-0.3, -0.25) is 0 Å². The van der Waals surface area contributed by atoms with Crippen LogP contribution in [-0.4, -0.2) is 39.9 Å². The molecule has 0 bridgehead atoms. The van der Waals surface area contributed by atoms with Gasteiger partial charge in [-0.05, 0) is 58.4 Å². The van der Waals surface area contributed by atoms with Crippen LogP contribution in [0.3, 0.4) is 0 Å². The van der Waals surface area contributed by atoms with Crippen molar-refractivity contribution in [3.63, 3.8) is 0 Å². The van der Waals surface area contributed by atoms with Gasteiger partial charge in [0, 0.05) is 0 Å². The lowest BCUT2D eigenvalue weighted by Gasteiger charge is -2.51. The summed E-state index contributed by atoms with van der Waals surface area (Å²) >= 11 is 1.69. The maximum atomic E-state index is 7.51. The molecule has 7 heteroatoms. The predicted octanol–water partition coefficient (Wildman–Crippen LogP) is 10.2. The molecule has 0 N–H and O–H groups in total. The molecule has 3 atom stereocenters. The summed E-state index contributed by atoms with van der Waals surface area (Å²) in [7, 11) is -4.36. The van der Waals surface area contributed by atoms with E-state index in [0.717, 1.165) is 16.3 Å². The molecular weight excluding hydrogens is 523 g/mol. The van der Waals surface area contributed by atoms with Crippen LogP contribution in [0.5, 0.6) is 0 Å². The summed E-state index contributed by atoms with van der Waals surface area (Å²) in [6, 6.07) is 8.32. The van der Waals surface area contributed by atoms with E-state index in [1.54, 1.807) is 11.3 Å². The van der Waals surface area contributed by atoms with Crippen LogP contribution >= 0.6 is 11.3 Å². The van der Waals surface area contributed by atoms with Gasteiger partial charge in [0.1, 0.15) is 12.2 Å². The third-order valence-corrected chi connectivity index (χ3v) is 22.3. The van der Waals surface area contributed by atoms with Gasteiger partial charge in [-0.15, -0.1) is 11.3 Å². The minimum Gasteiger partial charge on any atom is -0.485 e. The lowest BCUT2D eigenvalue weighted by Crippen LogP contribution is -2.59. The molecule has 38 heavy (non-hydrogen) atoms. The highest BCUT2D eigenvalue weighted by Crippen LogP contribution is 2.48. The van der Waals surface area contributed by atoms with Crippen LogP contribution < -0.4 is 0 Å². The largest absolute Gasteiger partial charge is 0.485 e. The van der Waals surface area contributed by atoms with E-state index in [1.165, 1.54) is 4.70 Å². The number of ether oxygens (including phenoxy) is 1. The topological polar surface area (TPSA) is 40.6 Å². The van der Waals surface area contributed by atoms with Crippen LogP contribution in [0.1, 0.15) is 95.0 Å². The van der Waals surface area contributed by atoms with Gasteiger partial charge in [0.2, 0.25) is 16.6 Å². The number of rotatable bonds is 11. The first kappa shape index (κ1) is 31.5. The van der Waals surface area contributed by atoms with Crippen LogP contribution in [-0.2, 0) is 13.6 Å². The van der Waals surface area contributed by atoms with E-state index in [-0.39, 0.29) is 18.3 Å². The van der Waals surface area contributed by atoms with Gasteiger partial charge in [0.05, 0.1) is 16.3 Å². The van der Waals surface area contributed by atoms with Crippen LogP contribution in [0.25, 0.3) is 16.0 Å². The summed E-state index contributed by atoms with van der Waals surface area (Å²) in [5.41, 5.74) is 3.96. The molecule has 0 amide bonds. The number of benzene rings is 1. The Hall–Kier alpha value is -0.996. The van der Waals surface area contributed by atoms with E-state index in [9.17, 15) is 0 Å². The molecule has 3 rings (SSSR count). The molecule has 1 aliphatic rings. The van der Waals surface area contributed by atoms with Crippen molar-refractivity contribution in [3.8, 4) is 0 Å². The molecule has 1 aromatic carbocycles. The fourth-order valence-electron chi connectivity index (χ4n) is 7.47. The standard InChI is InChI=1S/C31H53NO3SSi2/c1-19(2)37(20(3)4,21(5)6)34-27-18-28(31-32-26-16-14-15-17-29(26)36-31)33-25(13)30(27)35-38(22(7)8,23(9)10)24(11)12/h14-25,27,30H,1-13H3/t25-,27-,30-/m0/s1.